The molecule has 1 aromatic carbocycles. The van der Waals surface area contributed by atoms with E-state index in [1.807, 2.05) is 44.2 Å². The van der Waals surface area contributed by atoms with Crippen molar-refractivity contribution in [3.63, 3.8) is 0 Å². The van der Waals surface area contributed by atoms with Gasteiger partial charge in [-0.15, -0.1) is 0 Å². The van der Waals surface area contributed by atoms with E-state index in [0.29, 0.717) is 6.42 Å². The summed E-state index contributed by atoms with van der Waals surface area (Å²) in [5.41, 5.74) is -0.589. The van der Waals surface area contributed by atoms with Crippen molar-refractivity contribution < 1.29 is 23.9 Å². The predicted molar refractivity (Wildman–Crippen MR) is 92.0 cm³/mol. The van der Waals surface area contributed by atoms with Crippen LogP contribution >= 0.6 is 0 Å². The van der Waals surface area contributed by atoms with Crippen LogP contribution in [-0.2, 0) is 23.9 Å². The van der Waals surface area contributed by atoms with Gasteiger partial charge in [0.15, 0.2) is 0 Å². The number of rotatable bonds is 9. The van der Waals surface area contributed by atoms with E-state index in [2.05, 4.69) is 4.74 Å². The third-order valence-corrected chi connectivity index (χ3v) is 5.97. The fraction of sp³-hybridized carbons (Fsp3) is 0.500. The Bertz CT molecular complexity index is 568. The Hall–Kier alpha value is -1.65. The molecule has 0 N–H and O–H groups in total. The molecule has 0 saturated carbocycles. The number of carbonyl (C=O) groups excluding carboxylic acids is 3. The molecule has 6 heteroatoms. The van der Waals surface area contributed by atoms with Crippen LogP contribution in [0, 0.1) is 11.3 Å². The second-order valence-corrected chi connectivity index (χ2v) is 8.40. The quantitative estimate of drug-likeness (QED) is 0.467. The molecular formula is C18H24O5Se. The molecule has 0 bridgehead atoms. The van der Waals surface area contributed by atoms with Crippen LogP contribution < -0.4 is 4.46 Å². The van der Waals surface area contributed by atoms with E-state index >= 15 is 0 Å². The molecule has 0 radical (unpaired) electrons. The van der Waals surface area contributed by atoms with E-state index in [4.69, 9.17) is 4.74 Å². The summed E-state index contributed by atoms with van der Waals surface area (Å²) in [4.78, 5) is 36.0. The van der Waals surface area contributed by atoms with Crippen molar-refractivity contribution >= 4 is 36.0 Å². The third-order valence-electron chi connectivity index (χ3n) is 3.88. The molecule has 0 spiro atoms. The molecule has 0 aliphatic rings. The zero-order valence-corrected chi connectivity index (χ0v) is 16.2. The van der Waals surface area contributed by atoms with Gasteiger partial charge in [0, 0.05) is 0 Å². The summed E-state index contributed by atoms with van der Waals surface area (Å²) in [6.07, 6.45) is 0.651. The Morgan fingerprint density at radius 3 is 2.17 bits per heavy atom. The first-order chi connectivity index (χ1) is 11.3. The first kappa shape index (κ1) is 20.4. The molecule has 0 aliphatic carbocycles. The van der Waals surface area contributed by atoms with E-state index in [1.165, 1.54) is 14.2 Å². The molecule has 0 amide bonds. The number of esters is 2. The van der Waals surface area contributed by atoms with Crippen LogP contribution in [0.4, 0.5) is 0 Å². The molecule has 1 unspecified atom stereocenters. The van der Waals surface area contributed by atoms with Crippen molar-refractivity contribution in [3.05, 3.63) is 30.3 Å². The van der Waals surface area contributed by atoms with E-state index in [9.17, 15) is 14.4 Å². The molecule has 0 aromatic heterocycles. The number of methoxy groups -OCH3 is 2. The van der Waals surface area contributed by atoms with Crippen LogP contribution in [0.3, 0.4) is 0 Å². The minimum atomic E-state index is -0.589. The van der Waals surface area contributed by atoms with Crippen LogP contribution in [0.15, 0.2) is 30.3 Å². The van der Waals surface area contributed by atoms with Gasteiger partial charge in [0.25, 0.3) is 0 Å². The van der Waals surface area contributed by atoms with Gasteiger partial charge in [-0.2, -0.15) is 0 Å². The van der Waals surface area contributed by atoms with Gasteiger partial charge in [-0.3, -0.25) is 0 Å². The molecule has 24 heavy (non-hydrogen) atoms. The second-order valence-electron chi connectivity index (χ2n) is 6.14. The third kappa shape index (κ3) is 6.46. The van der Waals surface area contributed by atoms with Gasteiger partial charge in [0.2, 0.25) is 0 Å². The van der Waals surface area contributed by atoms with E-state index in [-0.39, 0.29) is 44.4 Å². The molecule has 0 saturated heterocycles. The van der Waals surface area contributed by atoms with Crippen molar-refractivity contribution in [1.29, 1.82) is 0 Å². The zero-order chi connectivity index (χ0) is 18.2. The van der Waals surface area contributed by atoms with Crippen LogP contribution in [-0.4, -0.2) is 45.8 Å². The van der Waals surface area contributed by atoms with E-state index in [1.54, 1.807) is 0 Å². The normalized spacial score (nSPS) is 12.3. The molecule has 132 valence electrons. The molecule has 1 atom stereocenters. The Kier molecular flexibility index (Phi) is 8.16. The SMILES string of the molecule is COC(=O)CCC(C(=O)[Se]c1ccccc1)C(C)(C)CC(=O)OC. The topological polar surface area (TPSA) is 69.7 Å². The summed E-state index contributed by atoms with van der Waals surface area (Å²) in [5, 5.41) is 0. The van der Waals surface area contributed by atoms with E-state index in [0.717, 1.165) is 4.46 Å². The van der Waals surface area contributed by atoms with Crippen LogP contribution in [0.5, 0.6) is 0 Å². The summed E-state index contributed by atoms with van der Waals surface area (Å²) in [6.45, 7) is 3.73. The monoisotopic (exact) mass is 400 g/mol. The van der Waals surface area contributed by atoms with Gasteiger partial charge in [-0.1, -0.05) is 0 Å². The molecule has 0 heterocycles. The van der Waals surface area contributed by atoms with Gasteiger partial charge in [0.1, 0.15) is 0 Å². The average Bonchev–Trinajstić information content (AvgIpc) is 2.54. The van der Waals surface area contributed by atoms with E-state index < -0.39 is 11.3 Å². The fourth-order valence-electron chi connectivity index (χ4n) is 2.44. The maximum absolute atomic E-state index is 12.9. The van der Waals surface area contributed by atoms with Crippen molar-refractivity contribution in [1.82, 2.24) is 0 Å². The summed E-state index contributed by atoms with van der Waals surface area (Å²) >= 11 is -0.366. The summed E-state index contributed by atoms with van der Waals surface area (Å²) in [5.74, 6) is -1.12. The molecule has 0 aliphatic heterocycles. The van der Waals surface area contributed by atoms with Gasteiger partial charge in [0.05, 0.1) is 0 Å². The Balaban J connectivity index is 2.92. The van der Waals surface area contributed by atoms with Crippen LogP contribution in [0.25, 0.3) is 0 Å². The number of hydrogen-bond acceptors (Lipinski definition) is 5. The Labute approximate surface area is 149 Å². The first-order valence-electron chi connectivity index (χ1n) is 7.70. The number of carbonyl (C=O) groups is 3. The average molecular weight is 399 g/mol. The second kappa shape index (κ2) is 9.60. The summed E-state index contributed by atoms with van der Waals surface area (Å²) in [7, 11) is 2.66. The van der Waals surface area contributed by atoms with Gasteiger partial charge in [-0.05, 0) is 0 Å². The number of ether oxygens (including phenoxy) is 2. The molecule has 5 nitrogen and oxygen atoms in total. The van der Waals surface area contributed by atoms with Crippen LogP contribution in [0.1, 0.15) is 33.1 Å². The Morgan fingerprint density at radius 2 is 1.62 bits per heavy atom. The zero-order valence-electron chi connectivity index (χ0n) is 14.5. The van der Waals surface area contributed by atoms with Crippen molar-refractivity contribution in [2.24, 2.45) is 11.3 Å². The van der Waals surface area contributed by atoms with Crippen molar-refractivity contribution in [3.8, 4) is 0 Å². The number of benzene rings is 1. The predicted octanol–water partition coefficient (Wildman–Crippen LogP) is 1.70. The number of hydrogen-bond donors (Lipinski definition) is 0. The first-order valence-corrected chi connectivity index (χ1v) is 9.42. The fourth-order valence-corrected chi connectivity index (χ4v) is 4.75. The molecule has 0 fully saturated rings. The van der Waals surface area contributed by atoms with Crippen molar-refractivity contribution in [2.45, 2.75) is 33.1 Å². The van der Waals surface area contributed by atoms with Gasteiger partial charge in [-0.25, -0.2) is 0 Å². The molecular weight excluding hydrogens is 375 g/mol. The molecule has 1 aromatic rings. The standard InChI is InChI=1S/C18H24O5Se/c1-18(2,12-16(20)23-4)14(10-11-15(19)22-3)17(21)24-13-8-6-5-7-9-13/h5-9,14H,10-12H2,1-4H3. The van der Waals surface area contributed by atoms with Crippen LogP contribution in [0.2, 0.25) is 0 Å². The van der Waals surface area contributed by atoms with Crippen molar-refractivity contribution in [2.75, 3.05) is 14.2 Å². The minimum absolute atomic E-state index is 0.0755. The maximum atomic E-state index is 12.9. The Morgan fingerprint density at radius 1 is 1.04 bits per heavy atom. The van der Waals surface area contributed by atoms with Gasteiger partial charge < -0.3 is 0 Å². The summed E-state index contributed by atoms with van der Waals surface area (Å²) in [6, 6.07) is 9.53. The molecule has 1 rings (SSSR count). The summed E-state index contributed by atoms with van der Waals surface area (Å²) < 4.78 is 10.5. The van der Waals surface area contributed by atoms with Gasteiger partial charge >= 0.3 is 149 Å².